The molecule has 11 heteroatoms. The molecule has 2 aromatic heterocycles. The second-order valence-corrected chi connectivity index (χ2v) is 7.40. The monoisotopic (exact) mass is 468 g/mol. The molecule has 11 nitrogen and oxygen atoms in total. The molecule has 3 aromatic carbocycles. The van der Waals surface area contributed by atoms with Gasteiger partial charge in [-0.05, 0) is 40.1 Å². The number of nitrogens with zero attached hydrogens (tertiary/aromatic N) is 6. The highest BCUT2D eigenvalue weighted by Gasteiger charge is 2.25. The lowest BCUT2D eigenvalue weighted by Crippen LogP contribution is -2.19. The Balaban J connectivity index is 1.50. The summed E-state index contributed by atoms with van der Waals surface area (Å²) < 4.78 is 11.6. The molecule has 0 saturated carbocycles. The Labute approximate surface area is 199 Å². The Morgan fingerprint density at radius 2 is 1.97 bits per heavy atom. The highest BCUT2D eigenvalue weighted by Crippen LogP contribution is 2.29. The number of carbonyl (C=O) groups is 1. The molecule has 5 rings (SSSR count). The predicted molar refractivity (Wildman–Crippen MR) is 129 cm³/mol. The van der Waals surface area contributed by atoms with E-state index in [2.05, 4.69) is 31.2 Å². The number of amides is 1. The number of ether oxygens (including phenoxy) is 1. The molecule has 0 aliphatic carbocycles. The lowest BCUT2D eigenvalue weighted by Gasteiger charge is -2.08. The number of rotatable bonds is 7. The van der Waals surface area contributed by atoms with Gasteiger partial charge in [-0.25, -0.2) is 10.1 Å². The average molecular weight is 468 g/mol. The number of hydrogen-bond acceptors (Lipinski definition) is 9. The molecule has 174 valence electrons. The fourth-order valence-electron chi connectivity index (χ4n) is 3.66. The second kappa shape index (κ2) is 9.43. The van der Waals surface area contributed by atoms with Gasteiger partial charge >= 0.3 is 0 Å². The van der Waals surface area contributed by atoms with Gasteiger partial charge in [0.15, 0.2) is 5.69 Å². The van der Waals surface area contributed by atoms with Crippen LogP contribution in [-0.4, -0.2) is 44.0 Å². The average Bonchev–Trinajstić information content (AvgIpc) is 3.50. The molecule has 3 N–H and O–H groups in total. The molecule has 0 bridgehead atoms. The van der Waals surface area contributed by atoms with E-state index in [4.69, 9.17) is 15.1 Å². The number of aromatic nitrogens is 5. The van der Waals surface area contributed by atoms with E-state index in [-0.39, 0.29) is 17.3 Å². The fourth-order valence-corrected chi connectivity index (χ4v) is 3.66. The van der Waals surface area contributed by atoms with E-state index >= 15 is 0 Å². The minimum atomic E-state index is -0.570. The van der Waals surface area contributed by atoms with Gasteiger partial charge in [-0.15, -0.1) is 5.10 Å². The smallest absolute Gasteiger partial charge is 0.294 e. The van der Waals surface area contributed by atoms with Gasteiger partial charge in [-0.1, -0.05) is 59.8 Å². The second-order valence-electron chi connectivity index (χ2n) is 7.40. The summed E-state index contributed by atoms with van der Waals surface area (Å²) in [5.41, 5.74) is 10.2. The summed E-state index contributed by atoms with van der Waals surface area (Å²) in [5.74, 6) is 0.148. The molecule has 5 aromatic rings. The van der Waals surface area contributed by atoms with Crippen molar-refractivity contribution in [1.29, 1.82) is 0 Å². The van der Waals surface area contributed by atoms with E-state index in [9.17, 15) is 4.79 Å². The summed E-state index contributed by atoms with van der Waals surface area (Å²) in [6, 6.07) is 20.9. The molecule has 0 unspecified atom stereocenters. The van der Waals surface area contributed by atoms with E-state index < -0.39 is 5.91 Å². The van der Waals surface area contributed by atoms with Gasteiger partial charge < -0.3 is 10.5 Å². The third-order valence-corrected chi connectivity index (χ3v) is 5.19. The van der Waals surface area contributed by atoms with Gasteiger partial charge in [-0.2, -0.15) is 9.78 Å². The molecular weight excluding hydrogens is 448 g/mol. The maximum atomic E-state index is 13.1. The number of anilines is 1. The number of benzene rings is 3. The lowest BCUT2D eigenvalue weighted by molar-refractivity contribution is 0.0950. The Bertz CT molecular complexity index is 1530. The molecule has 0 saturated heterocycles. The number of nitrogens with one attached hydrogen (secondary N) is 1. The number of fused-ring (bicyclic) bond motifs is 1. The van der Waals surface area contributed by atoms with Crippen molar-refractivity contribution >= 4 is 28.7 Å². The number of hydrazone groups is 1. The molecule has 35 heavy (non-hydrogen) atoms. The van der Waals surface area contributed by atoms with Crippen LogP contribution in [0.5, 0.6) is 5.75 Å². The van der Waals surface area contributed by atoms with Crippen LogP contribution >= 0.6 is 0 Å². The van der Waals surface area contributed by atoms with Crippen molar-refractivity contribution in [2.24, 2.45) is 5.10 Å². The van der Waals surface area contributed by atoms with Crippen LogP contribution in [0.4, 0.5) is 5.82 Å². The molecule has 0 aliphatic rings. The van der Waals surface area contributed by atoms with Crippen LogP contribution in [0.1, 0.15) is 23.0 Å². The van der Waals surface area contributed by atoms with Crippen LogP contribution in [0.15, 0.2) is 76.5 Å². The summed E-state index contributed by atoms with van der Waals surface area (Å²) in [7, 11) is 0. The van der Waals surface area contributed by atoms with E-state index in [1.165, 1.54) is 4.68 Å². The first kappa shape index (κ1) is 21.8. The summed E-state index contributed by atoms with van der Waals surface area (Å²) in [5, 5.41) is 21.7. The van der Waals surface area contributed by atoms with Gasteiger partial charge in [0.05, 0.1) is 12.8 Å². The molecule has 0 atom stereocenters. The fraction of sp³-hybridized carbons (Fsp3) is 0.0833. The number of nitrogen functional groups attached to an aromatic ring is 1. The van der Waals surface area contributed by atoms with E-state index in [0.29, 0.717) is 23.6 Å². The zero-order chi connectivity index (χ0) is 24.2. The molecule has 0 radical (unpaired) electrons. The molecule has 2 heterocycles. The predicted octanol–water partition coefficient (Wildman–Crippen LogP) is 3.22. The summed E-state index contributed by atoms with van der Waals surface area (Å²) >= 11 is 0. The molecule has 0 aliphatic heterocycles. The summed E-state index contributed by atoms with van der Waals surface area (Å²) in [4.78, 5) is 13.1. The first-order valence-corrected chi connectivity index (χ1v) is 10.7. The Morgan fingerprint density at radius 1 is 1.14 bits per heavy atom. The molecular formula is C24H20N8O3. The third-order valence-electron chi connectivity index (χ3n) is 5.19. The van der Waals surface area contributed by atoms with Gasteiger partial charge in [0.2, 0.25) is 11.6 Å². The van der Waals surface area contributed by atoms with Gasteiger partial charge in [0, 0.05) is 11.1 Å². The highest BCUT2D eigenvalue weighted by molar-refractivity contribution is 6.01. The van der Waals surface area contributed by atoms with Crippen molar-refractivity contribution in [2.45, 2.75) is 6.92 Å². The van der Waals surface area contributed by atoms with Crippen LogP contribution < -0.4 is 15.9 Å². The topological polar surface area (TPSA) is 146 Å². The van der Waals surface area contributed by atoms with Crippen molar-refractivity contribution in [2.75, 3.05) is 12.3 Å². The minimum Gasteiger partial charge on any atom is -0.494 e. The lowest BCUT2D eigenvalue weighted by atomic mass is 10.1. The molecule has 0 spiro atoms. The van der Waals surface area contributed by atoms with Crippen molar-refractivity contribution in [1.82, 2.24) is 30.7 Å². The maximum Gasteiger partial charge on any atom is 0.294 e. The number of carbonyl (C=O) groups excluding carboxylic acids is 1. The minimum absolute atomic E-state index is 0.00181. The summed E-state index contributed by atoms with van der Waals surface area (Å²) in [6.45, 7) is 2.37. The van der Waals surface area contributed by atoms with Crippen molar-refractivity contribution < 1.29 is 14.2 Å². The van der Waals surface area contributed by atoms with Crippen LogP contribution in [0, 0.1) is 0 Å². The Hall–Kier alpha value is -5.06. The normalized spacial score (nSPS) is 11.2. The molecule has 0 fully saturated rings. The highest BCUT2D eigenvalue weighted by atomic mass is 16.6. The largest absolute Gasteiger partial charge is 0.494 e. The van der Waals surface area contributed by atoms with Crippen molar-refractivity contribution in [3.05, 3.63) is 78.0 Å². The van der Waals surface area contributed by atoms with E-state index in [1.54, 1.807) is 30.5 Å². The van der Waals surface area contributed by atoms with Crippen LogP contribution in [0.3, 0.4) is 0 Å². The quantitative estimate of drug-likeness (QED) is 0.273. The van der Waals surface area contributed by atoms with Gasteiger partial charge in [0.1, 0.15) is 11.4 Å². The number of nitrogens with two attached hydrogens (primary N) is 1. The molecule has 1 amide bonds. The van der Waals surface area contributed by atoms with Gasteiger partial charge in [0.25, 0.3) is 5.91 Å². The van der Waals surface area contributed by atoms with Gasteiger partial charge in [-0.3, -0.25) is 4.79 Å². The Morgan fingerprint density at radius 3 is 2.80 bits per heavy atom. The SMILES string of the molecule is CCOc1cccc(-c2c(C(=O)N/N=C/c3cccc4ccccc34)nnn2-c2nonc2N)c1. The first-order valence-electron chi connectivity index (χ1n) is 10.7. The van der Waals surface area contributed by atoms with Crippen LogP contribution in [-0.2, 0) is 0 Å². The van der Waals surface area contributed by atoms with Crippen molar-refractivity contribution in [3.8, 4) is 22.8 Å². The Kier molecular flexibility index (Phi) is 5.87. The van der Waals surface area contributed by atoms with Crippen LogP contribution in [0.25, 0.3) is 27.8 Å². The third kappa shape index (κ3) is 4.29. The zero-order valence-corrected chi connectivity index (χ0v) is 18.6. The zero-order valence-electron chi connectivity index (χ0n) is 18.6. The van der Waals surface area contributed by atoms with E-state index in [0.717, 1.165) is 16.3 Å². The van der Waals surface area contributed by atoms with E-state index in [1.807, 2.05) is 49.4 Å². The first-order chi connectivity index (χ1) is 17.2. The maximum absolute atomic E-state index is 13.1. The van der Waals surface area contributed by atoms with Crippen LogP contribution in [0.2, 0.25) is 0 Å². The van der Waals surface area contributed by atoms with Crippen molar-refractivity contribution in [3.63, 3.8) is 0 Å². The standard InChI is InChI=1S/C24H20N8O3/c1-2-34-18-11-6-9-16(13-18)21-20(27-31-32(21)23-22(25)29-35-30-23)24(33)28-26-14-17-10-5-8-15-7-3-4-12-19(15)17/h3-14H,2H2,1H3,(H2,25,29)(H,28,33)/b26-14+. The number of hydrogen-bond donors (Lipinski definition) is 2. The summed E-state index contributed by atoms with van der Waals surface area (Å²) in [6.07, 6.45) is 1.58.